The van der Waals surface area contributed by atoms with E-state index in [2.05, 4.69) is 5.32 Å². The van der Waals surface area contributed by atoms with Crippen LogP contribution >= 0.6 is 0 Å². The van der Waals surface area contributed by atoms with Crippen molar-refractivity contribution >= 4 is 0 Å². The van der Waals surface area contributed by atoms with Gasteiger partial charge in [0.25, 0.3) is 5.92 Å². The predicted molar refractivity (Wildman–Crippen MR) is 44.2 cm³/mol. The van der Waals surface area contributed by atoms with E-state index in [4.69, 9.17) is 0 Å². The van der Waals surface area contributed by atoms with Crippen molar-refractivity contribution in [2.45, 2.75) is 5.92 Å². The molecule has 0 bridgehead atoms. The van der Waals surface area contributed by atoms with Crippen LogP contribution in [0.25, 0.3) is 0 Å². The lowest BCUT2D eigenvalue weighted by Gasteiger charge is -2.15. The molecule has 0 fully saturated rings. The first-order valence-corrected chi connectivity index (χ1v) is 3.95. The zero-order chi connectivity index (χ0) is 10.8. The fourth-order valence-electron chi connectivity index (χ4n) is 1.05. The molecule has 0 aliphatic heterocycles. The van der Waals surface area contributed by atoms with Crippen molar-refractivity contribution < 1.29 is 17.6 Å². The zero-order valence-electron chi connectivity index (χ0n) is 7.45. The second-order valence-electron chi connectivity index (χ2n) is 2.86. The Labute approximate surface area is 78.7 Å². The maximum atomic E-state index is 13.1. The van der Waals surface area contributed by atoms with Gasteiger partial charge in [-0.3, -0.25) is 0 Å². The third-order valence-electron chi connectivity index (χ3n) is 1.74. The van der Waals surface area contributed by atoms with E-state index in [9.17, 15) is 17.6 Å². The number of alkyl halides is 2. The number of nitrogens with one attached hydrogen (secondary N) is 1. The number of likely N-dealkylation sites (N-methyl/N-ethyl adjacent to an activating group) is 1. The number of hydrogen-bond donors (Lipinski definition) is 1. The van der Waals surface area contributed by atoms with E-state index in [0.717, 1.165) is 6.07 Å². The molecule has 0 aliphatic rings. The van der Waals surface area contributed by atoms with Crippen LogP contribution in [0.5, 0.6) is 0 Å². The van der Waals surface area contributed by atoms with Gasteiger partial charge < -0.3 is 5.32 Å². The highest BCUT2D eigenvalue weighted by Crippen LogP contribution is 2.27. The second-order valence-corrected chi connectivity index (χ2v) is 2.86. The van der Waals surface area contributed by atoms with Crippen molar-refractivity contribution in [3.05, 3.63) is 35.4 Å². The lowest BCUT2D eigenvalue weighted by atomic mass is 10.1. The predicted octanol–water partition coefficient (Wildman–Crippen LogP) is 2.28. The summed E-state index contributed by atoms with van der Waals surface area (Å²) in [6.45, 7) is -0.613. The molecule has 0 radical (unpaired) electrons. The maximum Gasteiger partial charge on any atom is 0.285 e. The molecule has 1 N–H and O–H groups in total. The van der Waals surface area contributed by atoms with Gasteiger partial charge in [0.1, 0.15) is 0 Å². The topological polar surface area (TPSA) is 12.0 Å². The number of rotatable bonds is 3. The summed E-state index contributed by atoms with van der Waals surface area (Å²) in [6.07, 6.45) is 0. The van der Waals surface area contributed by atoms with Crippen molar-refractivity contribution in [3.8, 4) is 0 Å². The fourth-order valence-corrected chi connectivity index (χ4v) is 1.05. The van der Waals surface area contributed by atoms with Gasteiger partial charge in [-0.2, -0.15) is 8.78 Å². The van der Waals surface area contributed by atoms with Crippen molar-refractivity contribution in [1.82, 2.24) is 5.32 Å². The van der Waals surface area contributed by atoms with Gasteiger partial charge in [-0.05, 0) is 25.2 Å². The van der Waals surface area contributed by atoms with Crippen molar-refractivity contribution in [2.75, 3.05) is 13.6 Å². The first-order chi connectivity index (χ1) is 6.47. The fraction of sp³-hybridized carbons (Fsp3) is 0.333. The normalized spacial score (nSPS) is 11.8. The molecule has 1 nitrogen and oxygen atoms in total. The average molecular weight is 207 g/mol. The molecule has 78 valence electrons. The summed E-state index contributed by atoms with van der Waals surface area (Å²) in [5.41, 5.74) is -0.536. The third-order valence-corrected chi connectivity index (χ3v) is 1.74. The highest BCUT2D eigenvalue weighted by molar-refractivity contribution is 5.22. The second kappa shape index (κ2) is 3.96. The molecule has 0 aliphatic carbocycles. The largest absolute Gasteiger partial charge is 0.314 e. The van der Waals surface area contributed by atoms with Crippen LogP contribution in [0, 0.1) is 11.6 Å². The van der Waals surface area contributed by atoms with E-state index in [0.29, 0.717) is 12.1 Å². The van der Waals surface area contributed by atoms with Gasteiger partial charge in [-0.25, -0.2) is 8.78 Å². The minimum atomic E-state index is -3.19. The summed E-state index contributed by atoms with van der Waals surface area (Å²) in [7, 11) is 1.35. The van der Waals surface area contributed by atoms with Crippen molar-refractivity contribution in [2.24, 2.45) is 0 Å². The Balaban J connectivity index is 3.01. The summed E-state index contributed by atoms with van der Waals surface area (Å²) in [5.74, 6) is -5.59. The van der Waals surface area contributed by atoms with Crippen LogP contribution in [0.1, 0.15) is 5.56 Å². The Hall–Kier alpha value is -1.10. The van der Waals surface area contributed by atoms with Gasteiger partial charge in [0.2, 0.25) is 0 Å². The summed E-state index contributed by atoms with van der Waals surface area (Å²) in [4.78, 5) is 0. The Morgan fingerprint density at radius 3 is 2.36 bits per heavy atom. The SMILES string of the molecule is CNCC(F)(F)c1ccc(F)c(F)c1. The smallest absolute Gasteiger partial charge is 0.285 e. The first kappa shape index (κ1) is 11.0. The van der Waals surface area contributed by atoms with Crippen LogP contribution in [0.15, 0.2) is 18.2 Å². The van der Waals surface area contributed by atoms with Gasteiger partial charge in [-0.1, -0.05) is 0 Å². The van der Waals surface area contributed by atoms with Gasteiger partial charge in [0, 0.05) is 5.56 Å². The number of hydrogen-bond acceptors (Lipinski definition) is 1. The lowest BCUT2D eigenvalue weighted by molar-refractivity contribution is -0.00163. The van der Waals surface area contributed by atoms with Crippen LogP contribution in [-0.4, -0.2) is 13.6 Å². The molecule has 1 rings (SSSR count). The summed E-state index contributed by atoms with van der Waals surface area (Å²) < 4.78 is 51.3. The minimum absolute atomic E-state index is 0.507. The molecule has 0 amide bonds. The summed E-state index contributed by atoms with van der Waals surface area (Å²) in [6, 6.07) is 2.07. The molecule has 0 saturated carbocycles. The van der Waals surface area contributed by atoms with E-state index in [1.807, 2.05) is 0 Å². The van der Waals surface area contributed by atoms with E-state index in [1.165, 1.54) is 7.05 Å². The van der Waals surface area contributed by atoms with Gasteiger partial charge in [0.05, 0.1) is 6.54 Å². The Morgan fingerprint density at radius 1 is 1.21 bits per heavy atom. The van der Waals surface area contributed by atoms with Crippen LogP contribution in [-0.2, 0) is 5.92 Å². The number of halogens is 4. The molecule has 14 heavy (non-hydrogen) atoms. The van der Waals surface area contributed by atoms with Gasteiger partial charge in [-0.15, -0.1) is 0 Å². The maximum absolute atomic E-state index is 13.1. The van der Waals surface area contributed by atoms with Crippen molar-refractivity contribution in [1.29, 1.82) is 0 Å². The van der Waals surface area contributed by atoms with Crippen molar-refractivity contribution in [3.63, 3.8) is 0 Å². The average Bonchev–Trinajstić information content (AvgIpc) is 2.09. The monoisotopic (exact) mass is 207 g/mol. The first-order valence-electron chi connectivity index (χ1n) is 3.95. The molecule has 0 aromatic heterocycles. The lowest BCUT2D eigenvalue weighted by Crippen LogP contribution is -2.28. The van der Waals surface area contributed by atoms with E-state index >= 15 is 0 Å². The van der Waals surface area contributed by atoms with Crippen LogP contribution in [0.3, 0.4) is 0 Å². The number of benzene rings is 1. The molecule has 0 unspecified atom stereocenters. The van der Waals surface area contributed by atoms with E-state index in [1.54, 1.807) is 0 Å². The quantitative estimate of drug-likeness (QED) is 0.750. The Bertz CT molecular complexity index is 325. The molecule has 1 aromatic rings. The van der Waals surface area contributed by atoms with Crippen LogP contribution < -0.4 is 5.32 Å². The molecule has 0 spiro atoms. The summed E-state index contributed by atoms with van der Waals surface area (Å²) >= 11 is 0. The standard InChI is InChI=1S/C9H9F4N/c1-14-5-9(12,13)6-2-3-7(10)8(11)4-6/h2-4,14H,5H2,1H3. The van der Waals surface area contributed by atoms with Gasteiger partial charge in [0.15, 0.2) is 11.6 Å². The minimum Gasteiger partial charge on any atom is -0.314 e. The molecule has 1 aromatic carbocycles. The highest BCUT2D eigenvalue weighted by Gasteiger charge is 2.31. The van der Waals surface area contributed by atoms with Gasteiger partial charge >= 0.3 is 0 Å². The molecule has 0 saturated heterocycles. The molecule has 0 heterocycles. The molecular weight excluding hydrogens is 198 g/mol. The zero-order valence-corrected chi connectivity index (χ0v) is 7.45. The highest BCUT2D eigenvalue weighted by atomic mass is 19.3. The Kier molecular flexibility index (Phi) is 3.10. The molecule has 5 heteroatoms. The van der Waals surface area contributed by atoms with E-state index < -0.39 is 29.7 Å². The Morgan fingerprint density at radius 2 is 1.86 bits per heavy atom. The molecular formula is C9H9F4N. The van der Waals surface area contributed by atoms with Crippen LogP contribution in [0.2, 0.25) is 0 Å². The third kappa shape index (κ3) is 2.23. The molecule has 0 atom stereocenters. The van der Waals surface area contributed by atoms with Crippen LogP contribution in [0.4, 0.5) is 17.6 Å². The summed E-state index contributed by atoms with van der Waals surface area (Å²) in [5, 5.41) is 2.27. The van der Waals surface area contributed by atoms with E-state index in [-0.39, 0.29) is 0 Å².